The van der Waals surface area contributed by atoms with Crippen molar-refractivity contribution >= 4 is 5.91 Å². The van der Waals surface area contributed by atoms with Crippen LogP contribution in [0.1, 0.15) is 22.3 Å². The summed E-state index contributed by atoms with van der Waals surface area (Å²) in [5, 5.41) is 0. The number of carbonyl (C=O) groups is 1. The van der Waals surface area contributed by atoms with Crippen LogP contribution in [0.3, 0.4) is 0 Å². The molecule has 2 aromatic rings. The molecule has 0 radical (unpaired) electrons. The molecular weight excluding hydrogens is 316 g/mol. The normalized spacial score (nSPS) is 20.0. The average molecular weight is 340 g/mol. The molecule has 0 unspecified atom stereocenters. The van der Waals surface area contributed by atoms with Gasteiger partial charge in [-0.3, -0.25) is 9.78 Å². The van der Waals surface area contributed by atoms with E-state index < -0.39 is 0 Å². The fourth-order valence-electron chi connectivity index (χ4n) is 3.47. The van der Waals surface area contributed by atoms with Crippen molar-refractivity contribution < 1.29 is 14.3 Å². The number of ether oxygens (including phenoxy) is 2. The Kier molecular flexibility index (Phi) is 5.46. The van der Waals surface area contributed by atoms with E-state index in [4.69, 9.17) is 9.47 Å². The average Bonchev–Trinajstić information content (AvgIpc) is 3.05. The summed E-state index contributed by atoms with van der Waals surface area (Å²) >= 11 is 0. The second-order valence-corrected chi connectivity index (χ2v) is 6.35. The van der Waals surface area contributed by atoms with Gasteiger partial charge in [-0.25, -0.2) is 0 Å². The molecule has 2 atom stereocenters. The fraction of sp³-hybridized carbons (Fsp3) is 0.400. The first-order valence-electron chi connectivity index (χ1n) is 8.49. The van der Waals surface area contributed by atoms with Gasteiger partial charge in [-0.1, -0.05) is 18.2 Å². The Morgan fingerprint density at radius 2 is 2.08 bits per heavy atom. The van der Waals surface area contributed by atoms with Gasteiger partial charge in [0.1, 0.15) is 0 Å². The third-order valence-corrected chi connectivity index (χ3v) is 4.83. The third-order valence-electron chi connectivity index (χ3n) is 4.83. The lowest BCUT2D eigenvalue weighted by Crippen LogP contribution is -2.38. The molecule has 1 saturated heterocycles. The molecular formula is C20H24N2O3. The van der Waals surface area contributed by atoms with Crippen molar-refractivity contribution in [2.24, 2.45) is 0 Å². The molecule has 5 nitrogen and oxygen atoms in total. The highest BCUT2D eigenvalue weighted by Crippen LogP contribution is 2.28. The zero-order valence-corrected chi connectivity index (χ0v) is 14.9. The monoisotopic (exact) mass is 340 g/mol. The van der Waals surface area contributed by atoms with Crippen molar-refractivity contribution in [3.05, 3.63) is 53.7 Å². The molecule has 3 rings (SSSR count). The summed E-state index contributed by atoms with van der Waals surface area (Å²) in [6, 6.07) is 11.6. The number of amides is 1. The second-order valence-electron chi connectivity index (χ2n) is 6.35. The Bertz CT molecular complexity index is 733. The van der Waals surface area contributed by atoms with Crippen LogP contribution >= 0.6 is 0 Å². The Morgan fingerprint density at radius 3 is 2.76 bits per heavy atom. The lowest BCUT2D eigenvalue weighted by Gasteiger charge is -2.25. The van der Waals surface area contributed by atoms with E-state index in [-0.39, 0.29) is 18.1 Å². The number of aromatic nitrogens is 1. The topological polar surface area (TPSA) is 51.7 Å². The van der Waals surface area contributed by atoms with Gasteiger partial charge in [0.25, 0.3) is 5.91 Å². The number of likely N-dealkylation sites (tertiary alicyclic amines) is 1. The highest BCUT2D eigenvalue weighted by Gasteiger charge is 2.36. The van der Waals surface area contributed by atoms with Crippen molar-refractivity contribution in [2.75, 3.05) is 27.4 Å². The lowest BCUT2D eigenvalue weighted by atomic mass is 9.98. The van der Waals surface area contributed by atoms with E-state index in [2.05, 4.69) is 4.98 Å². The second kappa shape index (κ2) is 7.76. The van der Waals surface area contributed by atoms with Gasteiger partial charge in [0.15, 0.2) is 0 Å². The minimum Gasteiger partial charge on any atom is -0.383 e. The standard InChI is InChI=1S/C20H24N2O3/c1-14-17(19-9-4-5-10-21-19)7-6-8-18(14)20(23)22-12-16(25-3)11-15(22)13-24-2/h4-10,15-16H,11-13H2,1-3H3/t15-,16+/m0/s1. The molecule has 0 bridgehead atoms. The summed E-state index contributed by atoms with van der Waals surface area (Å²) in [5.41, 5.74) is 3.51. The third kappa shape index (κ3) is 3.57. The zero-order chi connectivity index (χ0) is 17.8. The molecule has 1 amide bonds. The molecule has 0 spiro atoms. The molecule has 1 fully saturated rings. The van der Waals surface area contributed by atoms with Gasteiger partial charge < -0.3 is 14.4 Å². The summed E-state index contributed by atoms with van der Waals surface area (Å²) < 4.78 is 10.8. The maximum absolute atomic E-state index is 13.2. The summed E-state index contributed by atoms with van der Waals surface area (Å²) in [6.45, 7) is 3.09. The van der Waals surface area contributed by atoms with E-state index in [1.54, 1.807) is 20.4 Å². The Labute approximate surface area is 148 Å². The number of methoxy groups -OCH3 is 2. The van der Waals surface area contributed by atoms with Crippen LogP contribution in [0.2, 0.25) is 0 Å². The molecule has 0 saturated carbocycles. The SMILES string of the molecule is COC[C@@H]1C[C@@H](OC)CN1C(=O)c1cccc(-c2ccccn2)c1C. The minimum atomic E-state index is 0.0249. The molecule has 1 aromatic heterocycles. The summed E-state index contributed by atoms with van der Waals surface area (Å²) in [6.07, 6.45) is 2.62. The van der Waals surface area contributed by atoms with Crippen LogP contribution in [0.15, 0.2) is 42.6 Å². The van der Waals surface area contributed by atoms with Gasteiger partial charge in [-0.05, 0) is 37.1 Å². The van der Waals surface area contributed by atoms with Crippen LogP contribution < -0.4 is 0 Å². The first kappa shape index (κ1) is 17.6. The predicted octanol–water partition coefficient (Wildman–Crippen LogP) is 2.93. The molecule has 25 heavy (non-hydrogen) atoms. The first-order valence-corrected chi connectivity index (χ1v) is 8.49. The van der Waals surface area contributed by atoms with Crippen molar-refractivity contribution in [2.45, 2.75) is 25.5 Å². The van der Waals surface area contributed by atoms with Crippen LogP contribution in [0.5, 0.6) is 0 Å². The fourth-order valence-corrected chi connectivity index (χ4v) is 3.47. The molecule has 0 N–H and O–H groups in total. The number of pyridine rings is 1. The number of benzene rings is 1. The van der Waals surface area contributed by atoms with Crippen molar-refractivity contribution in [1.82, 2.24) is 9.88 Å². The minimum absolute atomic E-state index is 0.0249. The highest BCUT2D eigenvalue weighted by atomic mass is 16.5. The molecule has 1 aliphatic heterocycles. The number of nitrogens with zero attached hydrogens (tertiary/aromatic N) is 2. The van der Waals surface area contributed by atoms with Gasteiger partial charge in [0.2, 0.25) is 0 Å². The van der Waals surface area contributed by atoms with Gasteiger partial charge in [-0.2, -0.15) is 0 Å². The van der Waals surface area contributed by atoms with Gasteiger partial charge in [0, 0.05) is 38.1 Å². The van der Waals surface area contributed by atoms with E-state index in [1.165, 1.54) is 0 Å². The summed E-state index contributed by atoms with van der Waals surface area (Å²) in [4.78, 5) is 19.5. The van der Waals surface area contributed by atoms with Crippen molar-refractivity contribution in [3.63, 3.8) is 0 Å². The largest absolute Gasteiger partial charge is 0.383 e. The van der Waals surface area contributed by atoms with Crippen LogP contribution in [0, 0.1) is 6.92 Å². The van der Waals surface area contributed by atoms with Crippen LogP contribution in [-0.2, 0) is 9.47 Å². The Balaban J connectivity index is 1.92. The zero-order valence-electron chi connectivity index (χ0n) is 14.9. The molecule has 132 valence electrons. The van der Waals surface area contributed by atoms with E-state index in [0.717, 1.165) is 23.2 Å². The smallest absolute Gasteiger partial charge is 0.254 e. The van der Waals surface area contributed by atoms with Gasteiger partial charge >= 0.3 is 0 Å². The molecule has 1 aliphatic rings. The van der Waals surface area contributed by atoms with Gasteiger partial charge in [-0.15, -0.1) is 0 Å². The summed E-state index contributed by atoms with van der Waals surface area (Å²) in [5.74, 6) is 0.0249. The van der Waals surface area contributed by atoms with E-state index in [0.29, 0.717) is 18.7 Å². The molecule has 5 heteroatoms. The number of rotatable bonds is 5. The van der Waals surface area contributed by atoms with Crippen LogP contribution in [0.25, 0.3) is 11.3 Å². The van der Waals surface area contributed by atoms with E-state index in [1.807, 2.05) is 48.2 Å². The maximum Gasteiger partial charge on any atom is 0.254 e. The Hall–Kier alpha value is -2.24. The lowest BCUT2D eigenvalue weighted by molar-refractivity contribution is 0.0611. The number of hydrogen-bond acceptors (Lipinski definition) is 4. The number of carbonyl (C=O) groups excluding carboxylic acids is 1. The highest BCUT2D eigenvalue weighted by molar-refractivity contribution is 5.97. The maximum atomic E-state index is 13.2. The quantitative estimate of drug-likeness (QED) is 0.840. The summed E-state index contributed by atoms with van der Waals surface area (Å²) in [7, 11) is 3.35. The Morgan fingerprint density at radius 1 is 1.24 bits per heavy atom. The molecule has 2 heterocycles. The molecule has 1 aromatic carbocycles. The molecule has 0 aliphatic carbocycles. The van der Waals surface area contributed by atoms with Crippen molar-refractivity contribution in [1.29, 1.82) is 0 Å². The predicted molar refractivity (Wildman–Crippen MR) is 96.5 cm³/mol. The number of hydrogen-bond donors (Lipinski definition) is 0. The van der Waals surface area contributed by atoms with Crippen LogP contribution in [0.4, 0.5) is 0 Å². The van der Waals surface area contributed by atoms with Gasteiger partial charge in [0.05, 0.1) is 24.4 Å². The van der Waals surface area contributed by atoms with Crippen LogP contribution in [-0.4, -0.2) is 55.3 Å². The van der Waals surface area contributed by atoms with E-state index in [9.17, 15) is 4.79 Å². The van der Waals surface area contributed by atoms with Crippen molar-refractivity contribution in [3.8, 4) is 11.3 Å². The van der Waals surface area contributed by atoms with E-state index >= 15 is 0 Å². The first-order chi connectivity index (χ1) is 12.2.